The van der Waals surface area contributed by atoms with Gasteiger partial charge in [-0.15, -0.1) is 0 Å². The minimum absolute atomic E-state index is 0. The van der Waals surface area contributed by atoms with Crippen LogP contribution in [0, 0.1) is 0 Å². The van der Waals surface area contributed by atoms with E-state index >= 15 is 0 Å². The molecule has 0 saturated heterocycles. The summed E-state index contributed by atoms with van der Waals surface area (Å²) in [4.78, 5) is 0. The standard InChI is InChI=1S/2H2O4Se.Ti/c2*1-5(2,3)4;/h2*(H2,1,2,3,4);/q;;+4/p-4. The molecule has 0 amide bonds. The average Bonchev–Trinajstić information content (AvgIpc) is 1.12. The van der Waals surface area contributed by atoms with E-state index in [1.165, 1.54) is 0 Å². The van der Waals surface area contributed by atoms with Crippen molar-refractivity contribution < 1.29 is 53.8 Å². The molecule has 0 atom stereocenters. The van der Waals surface area contributed by atoms with Crippen LogP contribution in [0.5, 0.6) is 0 Å². The van der Waals surface area contributed by atoms with Gasteiger partial charge in [0.15, 0.2) is 0 Å². The van der Waals surface area contributed by atoms with Crippen molar-refractivity contribution in [1.29, 1.82) is 0 Å². The van der Waals surface area contributed by atoms with Gasteiger partial charge < -0.3 is 0 Å². The molecule has 0 heterocycles. The summed E-state index contributed by atoms with van der Waals surface area (Å²) in [7, 11) is 0. The van der Waals surface area contributed by atoms with E-state index in [9.17, 15) is 0 Å². The molecule has 0 fully saturated rings. The van der Waals surface area contributed by atoms with Crippen molar-refractivity contribution in [1.82, 2.24) is 0 Å². The first-order chi connectivity index (χ1) is 4.00. The fourth-order valence-corrected chi connectivity index (χ4v) is 0. The Bertz CT molecular complexity index is 208. The van der Waals surface area contributed by atoms with E-state index in [2.05, 4.69) is 0 Å². The predicted octanol–water partition coefficient (Wildman–Crippen LogP) is -6.00. The van der Waals surface area contributed by atoms with Crippen LogP contribution in [-0.2, 0) is 37.1 Å². The second-order valence-electron chi connectivity index (χ2n) is 0.816. The van der Waals surface area contributed by atoms with Gasteiger partial charge in [-0.3, -0.25) is 0 Å². The van der Waals surface area contributed by atoms with Crippen LogP contribution < -0.4 is 16.8 Å². The molecule has 0 radical (unpaired) electrons. The quantitative estimate of drug-likeness (QED) is 0.396. The Labute approximate surface area is 80.3 Å². The monoisotopic (exact) mass is 336 g/mol. The van der Waals surface area contributed by atoms with E-state index in [4.69, 9.17) is 32.1 Å². The predicted molar refractivity (Wildman–Crippen MR) is 14.3 cm³/mol. The minimum atomic E-state index is -5.75. The largest absolute Gasteiger partial charge is 4.00 e. The zero-order valence-corrected chi connectivity index (χ0v) is 9.57. The fraction of sp³-hybridized carbons (Fsp3) is 0. The van der Waals surface area contributed by atoms with Gasteiger partial charge in [0.2, 0.25) is 0 Å². The van der Waals surface area contributed by atoms with Crippen molar-refractivity contribution in [3.63, 3.8) is 0 Å². The maximum absolute atomic E-state index is 8.59. The number of hydrogen-bond acceptors (Lipinski definition) is 8. The molecule has 0 rings (SSSR count). The summed E-state index contributed by atoms with van der Waals surface area (Å²) >= 11 is -11.5. The second kappa shape index (κ2) is 6.32. The van der Waals surface area contributed by atoms with Crippen molar-refractivity contribution in [2.45, 2.75) is 0 Å². The molecule has 64 valence electrons. The first-order valence-electron chi connectivity index (χ1n) is 1.33. The van der Waals surface area contributed by atoms with E-state index in [1.54, 1.807) is 0 Å². The Morgan fingerprint density at radius 2 is 0.636 bits per heavy atom. The van der Waals surface area contributed by atoms with Crippen LogP contribution in [0.3, 0.4) is 0 Å². The van der Waals surface area contributed by atoms with Gasteiger partial charge in [-0.25, -0.2) is 0 Å². The number of hydrogen-bond donors (Lipinski definition) is 0. The van der Waals surface area contributed by atoms with Gasteiger partial charge in [0.25, 0.3) is 0 Å². The molecule has 0 N–H and O–H groups in total. The van der Waals surface area contributed by atoms with Gasteiger partial charge in [0, 0.05) is 0 Å². The van der Waals surface area contributed by atoms with E-state index in [0.29, 0.717) is 0 Å². The zero-order valence-electron chi connectivity index (χ0n) is 4.58. The van der Waals surface area contributed by atoms with Crippen LogP contribution in [0.25, 0.3) is 0 Å². The molecule has 11 heteroatoms. The first-order valence-corrected chi connectivity index (χ1v) is 6.93. The third-order valence-electron chi connectivity index (χ3n) is 0. The summed E-state index contributed by atoms with van der Waals surface area (Å²) in [5, 5.41) is 0. The topological polar surface area (TPSA) is 161 Å². The van der Waals surface area contributed by atoms with Crippen LogP contribution in [0.4, 0.5) is 0 Å². The van der Waals surface area contributed by atoms with Crippen LogP contribution in [0.1, 0.15) is 0 Å². The van der Waals surface area contributed by atoms with Gasteiger partial charge in [0.1, 0.15) is 0 Å². The smallest absolute Gasteiger partial charge is 4.00 e. The molecule has 0 aromatic heterocycles. The van der Waals surface area contributed by atoms with Gasteiger partial charge in [-0.05, 0) is 0 Å². The Morgan fingerprint density at radius 3 is 0.636 bits per heavy atom. The van der Waals surface area contributed by atoms with E-state index in [-0.39, 0.29) is 21.7 Å². The van der Waals surface area contributed by atoms with E-state index in [0.717, 1.165) is 0 Å². The maximum atomic E-state index is 8.59. The molecule has 0 bridgehead atoms. The molecular weight excluding hydrogens is 334 g/mol. The molecular formula is O8Se2Ti. The molecule has 8 nitrogen and oxygen atoms in total. The van der Waals surface area contributed by atoms with Crippen molar-refractivity contribution in [3.05, 3.63) is 0 Å². The third-order valence-corrected chi connectivity index (χ3v) is 0. The normalized spacial score (nSPS) is 10.5. The third kappa shape index (κ3) is 1330. The van der Waals surface area contributed by atoms with Crippen LogP contribution >= 0.6 is 0 Å². The van der Waals surface area contributed by atoms with Crippen molar-refractivity contribution >= 4 is 26.7 Å². The second-order valence-corrected chi connectivity index (χ2v) is 4.24. The van der Waals surface area contributed by atoms with E-state index in [1.807, 2.05) is 0 Å². The SMILES string of the molecule is O=[Se](=O)([O-])[O-].O=[Se](=O)([O-])[O-].[Ti+4]. The van der Waals surface area contributed by atoms with Gasteiger partial charge in [-0.2, -0.15) is 0 Å². The summed E-state index contributed by atoms with van der Waals surface area (Å²) < 4.78 is 68.8. The van der Waals surface area contributed by atoms with Crippen LogP contribution in [0.15, 0.2) is 0 Å². The van der Waals surface area contributed by atoms with E-state index < -0.39 is 26.7 Å². The molecule has 0 aromatic rings. The molecule has 0 spiro atoms. The summed E-state index contributed by atoms with van der Waals surface area (Å²) in [6.45, 7) is 0. The number of rotatable bonds is 0. The van der Waals surface area contributed by atoms with Gasteiger partial charge in [-0.1, -0.05) is 0 Å². The van der Waals surface area contributed by atoms with Crippen molar-refractivity contribution in [3.8, 4) is 0 Å². The average molecular weight is 334 g/mol. The minimum Gasteiger partial charge on any atom is 4.00 e. The summed E-state index contributed by atoms with van der Waals surface area (Å²) in [5.74, 6) is 0. The van der Waals surface area contributed by atoms with Crippen LogP contribution in [-0.4, -0.2) is 26.7 Å². The zero-order chi connectivity index (χ0) is 9.00. The summed E-state index contributed by atoms with van der Waals surface area (Å²) in [5.41, 5.74) is 0. The molecule has 0 saturated carbocycles. The molecule has 0 aliphatic carbocycles. The van der Waals surface area contributed by atoms with Gasteiger partial charge >= 0.3 is 80.5 Å². The molecule has 11 heavy (non-hydrogen) atoms. The molecule has 0 aliphatic rings. The Hall–Kier alpha value is 0.793. The Morgan fingerprint density at radius 1 is 0.636 bits per heavy atom. The maximum Gasteiger partial charge on any atom is 4.00 e. The summed E-state index contributed by atoms with van der Waals surface area (Å²) in [6, 6.07) is 0. The molecule has 0 aliphatic heterocycles. The Balaban J connectivity index is -0.000000107. The van der Waals surface area contributed by atoms with Crippen LogP contribution in [0.2, 0.25) is 0 Å². The first kappa shape index (κ1) is 17.8. The van der Waals surface area contributed by atoms with Crippen molar-refractivity contribution in [2.75, 3.05) is 0 Å². The molecule has 0 aromatic carbocycles. The Kier molecular flexibility index (Phi) is 10.2. The fourth-order valence-electron chi connectivity index (χ4n) is 0. The summed E-state index contributed by atoms with van der Waals surface area (Å²) in [6.07, 6.45) is 0. The van der Waals surface area contributed by atoms with Crippen molar-refractivity contribution in [2.24, 2.45) is 0 Å². The molecule has 0 unspecified atom stereocenters. The van der Waals surface area contributed by atoms with Gasteiger partial charge in [0.05, 0.1) is 0 Å².